The van der Waals surface area contributed by atoms with Crippen molar-refractivity contribution in [3.63, 3.8) is 0 Å². The molecule has 0 atom stereocenters. The zero-order valence-electron chi connectivity index (χ0n) is 21.9. The summed E-state index contributed by atoms with van der Waals surface area (Å²) in [5.74, 6) is 0.824. The van der Waals surface area contributed by atoms with Crippen LogP contribution >= 0.6 is 11.6 Å². The minimum Gasteiger partial charge on any atom is -0.506 e. The van der Waals surface area contributed by atoms with Crippen LogP contribution < -0.4 is 15.0 Å². The van der Waals surface area contributed by atoms with Gasteiger partial charge in [-0.05, 0) is 36.8 Å². The van der Waals surface area contributed by atoms with Crippen LogP contribution in [0.1, 0.15) is 37.6 Å². The number of nitrogens with one attached hydrogen (secondary N) is 1. The van der Waals surface area contributed by atoms with Crippen LogP contribution in [0, 0.1) is 0 Å². The Kier molecular flexibility index (Phi) is 11.3. The Morgan fingerprint density at radius 3 is 2.14 bits per heavy atom. The second-order valence-corrected chi connectivity index (χ2v) is 8.01. The average molecular weight is 528 g/mol. The summed E-state index contributed by atoms with van der Waals surface area (Å²) in [6, 6.07) is 12.4. The summed E-state index contributed by atoms with van der Waals surface area (Å²) in [4.78, 5) is 15.8. The molecule has 0 saturated carbocycles. The molecule has 2 N–H and O–H groups in total. The first kappa shape index (κ1) is 29.5. The third-order valence-corrected chi connectivity index (χ3v) is 5.51. The van der Waals surface area contributed by atoms with Crippen LogP contribution in [0.25, 0.3) is 16.9 Å². The highest BCUT2D eigenvalue weighted by atomic mass is 35.5. The first-order valence-electron chi connectivity index (χ1n) is 11.9. The fourth-order valence-corrected chi connectivity index (χ4v) is 3.79. The van der Waals surface area contributed by atoms with E-state index in [-0.39, 0.29) is 29.2 Å². The molecule has 7 nitrogen and oxygen atoms in total. The number of hydrogen-bond donors (Lipinski definition) is 2. The highest BCUT2D eigenvalue weighted by Crippen LogP contribution is 2.45. The van der Waals surface area contributed by atoms with Crippen molar-refractivity contribution in [1.29, 1.82) is 0 Å². The zero-order valence-corrected chi connectivity index (χ0v) is 22.7. The number of aromatic hydroxyl groups is 1. The normalized spacial score (nSPS) is 10.2. The molecule has 198 valence electrons. The van der Waals surface area contributed by atoms with E-state index in [0.29, 0.717) is 46.6 Å². The Labute approximate surface area is 222 Å². The third kappa shape index (κ3) is 7.18. The second kappa shape index (κ2) is 14.2. The summed E-state index contributed by atoms with van der Waals surface area (Å²) >= 11 is 5.94. The summed E-state index contributed by atoms with van der Waals surface area (Å²) in [5, 5.41) is 12.0. The number of allylic oxidation sites excluding steroid dienone is 1. The quantitative estimate of drug-likeness (QED) is 0.269. The van der Waals surface area contributed by atoms with Gasteiger partial charge in [-0.1, -0.05) is 56.8 Å². The predicted octanol–water partition coefficient (Wildman–Crippen LogP) is 6.72. The number of benzene rings is 2. The first-order chi connectivity index (χ1) is 17.8. The van der Waals surface area contributed by atoms with Crippen LogP contribution in [0.3, 0.4) is 0 Å². The lowest BCUT2D eigenvalue weighted by molar-refractivity contribution is 0.131. The van der Waals surface area contributed by atoms with E-state index in [2.05, 4.69) is 18.1 Å². The molecule has 0 saturated heterocycles. The number of aromatic nitrogens is 1. The smallest absolute Gasteiger partial charge is 0.263 e. The molecule has 1 aromatic heterocycles. The molecule has 0 unspecified atom stereocenters. The van der Waals surface area contributed by atoms with Gasteiger partial charge in [0.2, 0.25) is 0 Å². The summed E-state index contributed by atoms with van der Waals surface area (Å²) in [5.41, 5.74) is 1.29. The van der Waals surface area contributed by atoms with Crippen molar-refractivity contribution >= 4 is 17.4 Å². The van der Waals surface area contributed by atoms with Gasteiger partial charge in [0, 0.05) is 18.1 Å². The molecule has 0 aliphatic rings. The molecule has 3 aromatic rings. The molecule has 0 fully saturated rings. The molecule has 0 amide bonds. The van der Waals surface area contributed by atoms with Crippen molar-refractivity contribution in [2.75, 3.05) is 20.8 Å². The highest BCUT2D eigenvalue weighted by molar-refractivity contribution is 6.30. The highest BCUT2D eigenvalue weighted by Gasteiger charge is 2.26. The third-order valence-electron chi connectivity index (χ3n) is 5.26. The Morgan fingerprint density at radius 1 is 1.00 bits per heavy atom. The number of halogens is 1. The van der Waals surface area contributed by atoms with Crippen molar-refractivity contribution in [3.05, 3.63) is 93.6 Å². The van der Waals surface area contributed by atoms with E-state index in [0.717, 1.165) is 5.56 Å². The number of pyridine rings is 1. The molecule has 2 aromatic carbocycles. The van der Waals surface area contributed by atoms with Crippen LogP contribution in [0.4, 0.5) is 0 Å². The van der Waals surface area contributed by atoms with Crippen LogP contribution in [0.5, 0.6) is 17.2 Å². The van der Waals surface area contributed by atoms with Crippen LogP contribution in [-0.4, -0.2) is 30.9 Å². The van der Waals surface area contributed by atoms with Gasteiger partial charge < -0.3 is 29.0 Å². The standard InChI is InChI=1S/C27H28ClNO6.C2H6/c1-6-34-15-20-24(25-21(32-4)8-7-9-22(25)33-5)26(30)23(27(31)29-20)17(3)35-16(2)14-18-10-12-19(28)13-11-18;1-2/h7-13H,2-3,6,14-15H2,1,4-5H3,(H2,29,30,31);1-2H3. The van der Waals surface area contributed by atoms with Gasteiger partial charge in [-0.2, -0.15) is 0 Å². The Bertz CT molecular complexity index is 1260. The maximum absolute atomic E-state index is 13.0. The van der Waals surface area contributed by atoms with Crippen LogP contribution in [0.15, 0.2) is 66.2 Å². The van der Waals surface area contributed by atoms with Crippen molar-refractivity contribution in [2.45, 2.75) is 33.8 Å². The molecule has 37 heavy (non-hydrogen) atoms. The molecule has 0 radical (unpaired) electrons. The number of ether oxygens (including phenoxy) is 4. The molecule has 3 rings (SSSR count). The predicted molar refractivity (Wildman–Crippen MR) is 148 cm³/mol. The summed E-state index contributed by atoms with van der Waals surface area (Å²) < 4.78 is 22.4. The van der Waals surface area contributed by atoms with Gasteiger partial charge in [0.05, 0.1) is 37.6 Å². The molecule has 0 spiro atoms. The number of aromatic amines is 1. The van der Waals surface area contributed by atoms with Crippen molar-refractivity contribution in [3.8, 4) is 28.4 Å². The van der Waals surface area contributed by atoms with Crippen LogP contribution in [0.2, 0.25) is 5.02 Å². The van der Waals surface area contributed by atoms with E-state index in [4.69, 9.17) is 30.5 Å². The summed E-state index contributed by atoms with van der Waals surface area (Å²) in [6.07, 6.45) is 0.366. The van der Waals surface area contributed by atoms with Gasteiger partial charge in [-0.15, -0.1) is 0 Å². The second-order valence-electron chi connectivity index (χ2n) is 7.57. The van der Waals surface area contributed by atoms with E-state index >= 15 is 0 Å². The Morgan fingerprint density at radius 2 is 1.59 bits per heavy atom. The van der Waals surface area contributed by atoms with E-state index in [1.165, 1.54) is 14.2 Å². The first-order valence-corrected chi connectivity index (χ1v) is 12.2. The van der Waals surface area contributed by atoms with E-state index in [1.54, 1.807) is 30.3 Å². The minimum atomic E-state index is -0.584. The van der Waals surface area contributed by atoms with E-state index < -0.39 is 5.56 Å². The van der Waals surface area contributed by atoms with Crippen molar-refractivity contribution in [1.82, 2.24) is 4.98 Å². The topological polar surface area (TPSA) is 90.0 Å². The number of hydrogen-bond acceptors (Lipinski definition) is 6. The fraction of sp³-hybridized carbons (Fsp3) is 0.276. The largest absolute Gasteiger partial charge is 0.506 e. The average Bonchev–Trinajstić information content (AvgIpc) is 2.89. The van der Waals surface area contributed by atoms with Gasteiger partial charge in [-0.3, -0.25) is 4.79 Å². The fourth-order valence-electron chi connectivity index (χ4n) is 3.67. The van der Waals surface area contributed by atoms with Gasteiger partial charge >= 0.3 is 0 Å². The van der Waals surface area contributed by atoms with Crippen molar-refractivity contribution < 1.29 is 24.1 Å². The summed E-state index contributed by atoms with van der Waals surface area (Å²) in [7, 11) is 3.01. The summed E-state index contributed by atoms with van der Waals surface area (Å²) in [6.45, 7) is 14.1. The number of H-pyrrole nitrogens is 1. The number of methoxy groups -OCH3 is 2. The van der Waals surface area contributed by atoms with Gasteiger partial charge in [0.1, 0.15) is 34.3 Å². The Hall–Kier alpha value is -3.68. The number of rotatable bonds is 11. The van der Waals surface area contributed by atoms with Gasteiger partial charge in [0.25, 0.3) is 5.56 Å². The monoisotopic (exact) mass is 527 g/mol. The molecule has 0 aliphatic heterocycles. The maximum atomic E-state index is 13.0. The molecule has 0 bridgehead atoms. The molecular weight excluding hydrogens is 494 g/mol. The van der Waals surface area contributed by atoms with Gasteiger partial charge in [-0.25, -0.2) is 0 Å². The molecular formula is C29H34ClNO6. The lowest BCUT2D eigenvalue weighted by Gasteiger charge is -2.20. The SMILES string of the molecule is C=C(Cc1ccc(Cl)cc1)OC(=C)c1c(O)c(-c2c(OC)cccc2OC)c(COCC)[nH]c1=O.CC. The lowest BCUT2D eigenvalue weighted by atomic mass is 9.97. The van der Waals surface area contributed by atoms with E-state index in [9.17, 15) is 9.90 Å². The molecule has 1 heterocycles. The Balaban J connectivity index is 0.00000235. The van der Waals surface area contributed by atoms with Crippen LogP contribution in [-0.2, 0) is 22.5 Å². The van der Waals surface area contributed by atoms with E-state index in [1.807, 2.05) is 32.9 Å². The minimum absolute atomic E-state index is 0.0483. The van der Waals surface area contributed by atoms with Gasteiger partial charge in [0.15, 0.2) is 0 Å². The van der Waals surface area contributed by atoms with Crippen molar-refractivity contribution in [2.24, 2.45) is 0 Å². The lowest BCUT2D eigenvalue weighted by Crippen LogP contribution is -2.18. The zero-order chi connectivity index (χ0) is 27.5. The molecule has 8 heteroatoms. The maximum Gasteiger partial charge on any atom is 0.263 e. The molecule has 0 aliphatic carbocycles.